The molecule has 0 saturated carbocycles. The lowest BCUT2D eigenvalue weighted by Gasteiger charge is -2.35. The van der Waals surface area contributed by atoms with Gasteiger partial charge in [0.2, 0.25) is 5.91 Å². The van der Waals surface area contributed by atoms with Crippen LogP contribution in [0.1, 0.15) is 31.2 Å². The van der Waals surface area contributed by atoms with Crippen molar-refractivity contribution in [1.29, 1.82) is 0 Å². The summed E-state index contributed by atoms with van der Waals surface area (Å²) >= 11 is 0. The lowest BCUT2D eigenvalue weighted by Crippen LogP contribution is -2.52. The number of halogens is 3. The highest BCUT2D eigenvalue weighted by atomic mass is 19.4. The Morgan fingerprint density at radius 2 is 1.86 bits per heavy atom. The zero-order valence-electron chi connectivity index (χ0n) is 15.9. The van der Waals surface area contributed by atoms with Gasteiger partial charge in [0, 0.05) is 19.6 Å². The predicted molar refractivity (Wildman–Crippen MR) is 96.8 cm³/mol. The van der Waals surface area contributed by atoms with E-state index in [9.17, 15) is 22.8 Å². The van der Waals surface area contributed by atoms with Gasteiger partial charge in [0.1, 0.15) is 11.8 Å². The van der Waals surface area contributed by atoms with Crippen molar-refractivity contribution in [2.75, 3.05) is 26.2 Å². The van der Waals surface area contributed by atoms with Gasteiger partial charge >= 0.3 is 12.1 Å². The van der Waals surface area contributed by atoms with Crippen LogP contribution in [0, 0.1) is 12.8 Å². The lowest BCUT2D eigenvalue weighted by molar-refractivity contribution is -0.187. The van der Waals surface area contributed by atoms with Crippen molar-refractivity contribution in [1.82, 2.24) is 9.80 Å². The largest absolute Gasteiger partial charge is 0.493 e. The van der Waals surface area contributed by atoms with E-state index in [1.54, 1.807) is 4.90 Å². The maximum Gasteiger partial charge on any atom is 0.471 e. The van der Waals surface area contributed by atoms with Crippen molar-refractivity contribution in [2.45, 2.75) is 44.8 Å². The van der Waals surface area contributed by atoms with E-state index in [-0.39, 0.29) is 18.9 Å². The van der Waals surface area contributed by atoms with Crippen LogP contribution in [0.5, 0.6) is 5.75 Å². The second kappa shape index (κ2) is 8.41. The first-order chi connectivity index (χ1) is 13.3. The molecule has 1 aromatic rings. The molecule has 0 radical (unpaired) electrons. The van der Waals surface area contributed by atoms with Gasteiger partial charge < -0.3 is 14.5 Å². The fraction of sp³-hybridized carbons (Fsp3) is 0.600. The molecule has 154 valence electrons. The molecule has 1 unspecified atom stereocenters. The number of carbonyl (C=O) groups excluding carboxylic acids is 2. The first-order valence-electron chi connectivity index (χ1n) is 9.62. The predicted octanol–water partition coefficient (Wildman–Crippen LogP) is 3.17. The van der Waals surface area contributed by atoms with Crippen LogP contribution in [0.3, 0.4) is 0 Å². The highest BCUT2D eigenvalue weighted by molar-refractivity contribution is 5.90. The third-order valence-corrected chi connectivity index (χ3v) is 5.44. The number of piperidine rings is 1. The Kier molecular flexibility index (Phi) is 6.15. The van der Waals surface area contributed by atoms with Gasteiger partial charge in [-0.1, -0.05) is 12.1 Å². The van der Waals surface area contributed by atoms with Gasteiger partial charge in [0.15, 0.2) is 0 Å². The van der Waals surface area contributed by atoms with E-state index in [1.165, 1.54) is 0 Å². The minimum absolute atomic E-state index is 0.0183. The molecule has 1 atom stereocenters. The molecule has 1 aromatic carbocycles. The molecule has 5 nitrogen and oxygen atoms in total. The minimum atomic E-state index is -4.94. The molecule has 0 spiro atoms. The number of ether oxygens (including phenoxy) is 1. The van der Waals surface area contributed by atoms with Crippen LogP contribution in [-0.4, -0.2) is 60.1 Å². The zero-order valence-corrected chi connectivity index (χ0v) is 15.9. The minimum Gasteiger partial charge on any atom is -0.493 e. The van der Waals surface area contributed by atoms with E-state index in [0.29, 0.717) is 36.9 Å². The van der Waals surface area contributed by atoms with E-state index < -0.39 is 18.1 Å². The molecule has 2 saturated heterocycles. The standard InChI is InChI=1S/C20H25F3N2O3/c1-14-4-2-5-16(12-14)28-13-15-7-10-24(11-8-15)18(26)17-6-3-9-25(17)19(27)20(21,22)23/h2,4-5,12,15,17H,3,6-11,13H2,1H3. The first-order valence-corrected chi connectivity index (χ1v) is 9.62. The Morgan fingerprint density at radius 3 is 2.50 bits per heavy atom. The molecule has 2 amide bonds. The van der Waals surface area contributed by atoms with Gasteiger partial charge in [0.05, 0.1) is 6.61 Å². The molecule has 0 bridgehead atoms. The molecule has 2 fully saturated rings. The Balaban J connectivity index is 1.50. The Bertz CT molecular complexity index is 715. The summed E-state index contributed by atoms with van der Waals surface area (Å²) in [5.74, 6) is -1.18. The van der Waals surface area contributed by atoms with Crippen LogP contribution in [0.15, 0.2) is 24.3 Å². The number of rotatable bonds is 4. The number of hydrogen-bond donors (Lipinski definition) is 0. The average Bonchev–Trinajstić information content (AvgIpc) is 3.14. The van der Waals surface area contributed by atoms with Crippen LogP contribution >= 0.6 is 0 Å². The molecule has 0 aliphatic carbocycles. The van der Waals surface area contributed by atoms with E-state index in [2.05, 4.69) is 0 Å². The number of likely N-dealkylation sites (tertiary alicyclic amines) is 2. The fourth-order valence-electron chi connectivity index (χ4n) is 3.88. The zero-order chi connectivity index (χ0) is 20.3. The highest BCUT2D eigenvalue weighted by Gasteiger charge is 2.48. The van der Waals surface area contributed by atoms with E-state index in [0.717, 1.165) is 24.2 Å². The molecule has 2 heterocycles. The van der Waals surface area contributed by atoms with E-state index in [4.69, 9.17) is 4.74 Å². The number of aryl methyl sites for hydroxylation is 1. The summed E-state index contributed by atoms with van der Waals surface area (Å²) < 4.78 is 44.1. The lowest BCUT2D eigenvalue weighted by atomic mass is 9.97. The number of benzene rings is 1. The maximum absolute atomic E-state index is 12.8. The third-order valence-electron chi connectivity index (χ3n) is 5.44. The summed E-state index contributed by atoms with van der Waals surface area (Å²) in [6.07, 6.45) is -2.77. The van der Waals surface area contributed by atoms with Crippen molar-refractivity contribution in [2.24, 2.45) is 5.92 Å². The van der Waals surface area contributed by atoms with Gasteiger partial charge in [-0.15, -0.1) is 0 Å². The summed E-state index contributed by atoms with van der Waals surface area (Å²) in [6.45, 7) is 3.48. The van der Waals surface area contributed by atoms with Crippen LogP contribution in [-0.2, 0) is 9.59 Å². The van der Waals surface area contributed by atoms with Crippen molar-refractivity contribution in [3.8, 4) is 5.75 Å². The summed E-state index contributed by atoms with van der Waals surface area (Å²) in [5, 5.41) is 0. The van der Waals surface area contributed by atoms with Crippen molar-refractivity contribution >= 4 is 11.8 Å². The Hall–Kier alpha value is -2.25. The first kappa shape index (κ1) is 20.5. The van der Waals surface area contributed by atoms with E-state index in [1.807, 2.05) is 31.2 Å². The quantitative estimate of drug-likeness (QED) is 0.783. The molecule has 2 aliphatic heterocycles. The molecule has 28 heavy (non-hydrogen) atoms. The third kappa shape index (κ3) is 4.77. The van der Waals surface area contributed by atoms with Crippen molar-refractivity contribution in [3.05, 3.63) is 29.8 Å². The Morgan fingerprint density at radius 1 is 1.14 bits per heavy atom. The highest BCUT2D eigenvalue weighted by Crippen LogP contribution is 2.28. The maximum atomic E-state index is 12.8. The molecule has 0 aromatic heterocycles. The summed E-state index contributed by atoms with van der Waals surface area (Å²) in [7, 11) is 0. The molecular formula is C20H25F3N2O3. The summed E-state index contributed by atoms with van der Waals surface area (Å²) in [5.41, 5.74) is 1.12. The number of nitrogens with zero attached hydrogens (tertiary/aromatic N) is 2. The summed E-state index contributed by atoms with van der Waals surface area (Å²) in [6, 6.07) is 6.80. The van der Waals surface area contributed by atoms with Crippen LogP contribution in [0.4, 0.5) is 13.2 Å². The molecule has 8 heteroatoms. The van der Waals surface area contributed by atoms with Crippen molar-refractivity contribution < 1.29 is 27.5 Å². The number of amides is 2. The second-order valence-corrected chi connectivity index (χ2v) is 7.55. The monoisotopic (exact) mass is 398 g/mol. The van der Waals surface area contributed by atoms with Gasteiger partial charge in [-0.05, 0) is 56.2 Å². The van der Waals surface area contributed by atoms with Crippen molar-refractivity contribution in [3.63, 3.8) is 0 Å². The van der Waals surface area contributed by atoms with Crippen LogP contribution in [0.25, 0.3) is 0 Å². The van der Waals surface area contributed by atoms with Gasteiger partial charge in [-0.3, -0.25) is 9.59 Å². The molecule has 2 aliphatic rings. The molecule has 3 rings (SSSR count). The van der Waals surface area contributed by atoms with Gasteiger partial charge in [-0.25, -0.2) is 0 Å². The van der Waals surface area contributed by atoms with Crippen LogP contribution in [0.2, 0.25) is 0 Å². The normalized spacial score (nSPS) is 21.1. The summed E-state index contributed by atoms with van der Waals surface area (Å²) in [4.78, 5) is 26.6. The number of hydrogen-bond acceptors (Lipinski definition) is 3. The van der Waals surface area contributed by atoms with E-state index >= 15 is 0 Å². The van der Waals surface area contributed by atoms with Crippen LogP contribution < -0.4 is 4.74 Å². The number of carbonyl (C=O) groups is 2. The Labute approximate surface area is 162 Å². The SMILES string of the molecule is Cc1cccc(OCC2CCN(C(=O)C3CCCN3C(=O)C(F)(F)F)CC2)c1. The van der Waals surface area contributed by atoms with Gasteiger partial charge in [-0.2, -0.15) is 13.2 Å². The fourth-order valence-corrected chi connectivity index (χ4v) is 3.88. The number of alkyl halides is 3. The molecular weight excluding hydrogens is 373 g/mol. The smallest absolute Gasteiger partial charge is 0.471 e. The average molecular weight is 398 g/mol. The second-order valence-electron chi connectivity index (χ2n) is 7.55. The topological polar surface area (TPSA) is 49.9 Å². The molecule has 0 N–H and O–H groups in total. The van der Waals surface area contributed by atoms with Gasteiger partial charge in [0.25, 0.3) is 0 Å².